The Morgan fingerprint density at radius 2 is 1.89 bits per heavy atom. The number of amides is 1. The summed E-state index contributed by atoms with van der Waals surface area (Å²) in [5.74, 6) is 0.383. The number of hydrogen-bond donors (Lipinski definition) is 1. The second-order valence-corrected chi connectivity index (χ2v) is 6.18. The molecule has 3 fully saturated rings. The summed E-state index contributed by atoms with van der Waals surface area (Å²) in [5, 5.41) is 3.63. The van der Waals surface area contributed by atoms with Crippen molar-refractivity contribution in [3.8, 4) is 0 Å². The molecule has 0 radical (unpaired) electrons. The molecule has 0 aromatic heterocycles. The molecule has 3 heterocycles. The van der Waals surface area contributed by atoms with Crippen LogP contribution in [0.15, 0.2) is 0 Å². The van der Waals surface area contributed by atoms with Gasteiger partial charge in [0.2, 0.25) is 5.91 Å². The van der Waals surface area contributed by atoms with Crippen molar-refractivity contribution in [2.45, 2.75) is 63.3 Å². The van der Waals surface area contributed by atoms with E-state index < -0.39 is 0 Å². The summed E-state index contributed by atoms with van der Waals surface area (Å²) in [4.78, 5) is 14.5. The monoisotopic (exact) mass is 252 g/mol. The van der Waals surface area contributed by atoms with Gasteiger partial charge in [0, 0.05) is 31.8 Å². The van der Waals surface area contributed by atoms with Gasteiger partial charge in [-0.3, -0.25) is 4.79 Å². The smallest absolute Gasteiger partial charge is 0.228 e. The van der Waals surface area contributed by atoms with Crippen LogP contribution in [0.25, 0.3) is 0 Å². The van der Waals surface area contributed by atoms with Gasteiger partial charge in [0.25, 0.3) is 0 Å². The number of fused-ring (bicyclic) bond motifs is 2. The predicted molar refractivity (Wildman–Crippen MR) is 69.3 cm³/mol. The van der Waals surface area contributed by atoms with Gasteiger partial charge >= 0.3 is 0 Å². The highest BCUT2D eigenvalue weighted by Crippen LogP contribution is 2.31. The highest BCUT2D eigenvalue weighted by molar-refractivity contribution is 5.79. The van der Waals surface area contributed by atoms with Crippen LogP contribution in [0.4, 0.5) is 0 Å². The predicted octanol–water partition coefficient (Wildman–Crippen LogP) is 1.15. The standard InChI is InChI=1S/C14H24N2O2/c1-9-13(5-6-18-9)14(17)16(2)12-7-10-3-4-11(8-12)15-10/h9-13,15H,3-8H2,1-2H3. The summed E-state index contributed by atoms with van der Waals surface area (Å²) in [6.45, 7) is 2.76. The van der Waals surface area contributed by atoms with E-state index in [4.69, 9.17) is 4.74 Å². The highest BCUT2D eigenvalue weighted by atomic mass is 16.5. The van der Waals surface area contributed by atoms with Crippen molar-refractivity contribution >= 4 is 5.91 Å². The molecule has 0 spiro atoms. The molecular weight excluding hydrogens is 228 g/mol. The van der Waals surface area contributed by atoms with Gasteiger partial charge in [0.15, 0.2) is 0 Å². The minimum Gasteiger partial charge on any atom is -0.378 e. The van der Waals surface area contributed by atoms with E-state index in [-0.39, 0.29) is 12.0 Å². The number of carbonyl (C=O) groups excluding carboxylic acids is 1. The van der Waals surface area contributed by atoms with Gasteiger partial charge in [0.1, 0.15) is 0 Å². The molecule has 3 aliphatic rings. The zero-order chi connectivity index (χ0) is 12.7. The maximum Gasteiger partial charge on any atom is 0.228 e. The lowest BCUT2D eigenvalue weighted by molar-refractivity contribution is -0.138. The lowest BCUT2D eigenvalue weighted by Gasteiger charge is -2.37. The largest absolute Gasteiger partial charge is 0.378 e. The fraction of sp³-hybridized carbons (Fsp3) is 0.929. The van der Waals surface area contributed by atoms with E-state index in [1.54, 1.807) is 0 Å². The van der Waals surface area contributed by atoms with Crippen molar-refractivity contribution in [1.29, 1.82) is 0 Å². The van der Waals surface area contributed by atoms with Crippen molar-refractivity contribution in [1.82, 2.24) is 10.2 Å². The number of ether oxygens (including phenoxy) is 1. The summed E-state index contributed by atoms with van der Waals surface area (Å²) in [5.41, 5.74) is 0. The maximum atomic E-state index is 12.5. The topological polar surface area (TPSA) is 41.6 Å². The summed E-state index contributed by atoms with van der Waals surface area (Å²) in [6.07, 6.45) is 5.81. The molecule has 18 heavy (non-hydrogen) atoms. The molecule has 1 amide bonds. The Kier molecular flexibility index (Phi) is 3.32. The second kappa shape index (κ2) is 4.82. The molecule has 0 aromatic carbocycles. The molecule has 3 aliphatic heterocycles. The summed E-state index contributed by atoms with van der Waals surface area (Å²) in [7, 11) is 1.99. The van der Waals surface area contributed by atoms with Gasteiger partial charge in [-0.1, -0.05) is 0 Å². The van der Waals surface area contributed by atoms with E-state index in [9.17, 15) is 4.79 Å². The third-order valence-electron chi connectivity index (χ3n) is 5.04. The number of rotatable bonds is 2. The molecule has 0 aromatic rings. The first-order valence-electron chi connectivity index (χ1n) is 7.29. The molecular formula is C14H24N2O2. The van der Waals surface area contributed by atoms with Gasteiger partial charge in [-0.15, -0.1) is 0 Å². The number of nitrogens with zero attached hydrogens (tertiary/aromatic N) is 1. The quantitative estimate of drug-likeness (QED) is 0.801. The van der Waals surface area contributed by atoms with Crippen LogP contribution in [0.5, 0.6) is 0 Å². The zero-order valence-electron chi connectivity index (χ0n) is 11.4. The highest BCUT2D eigenvalue weighted by Gasteiger charge is 2.39. The average molecular weight is 252 g/mol. The van der Waals surface area contributed by atoms with Gasteiger partial charge in [-0.25, -0.2) is 0 Å². The first kappa shape index (κ1) is 12.4. The van der Waals surface area contributed by atoms with Gasteiger partial charge in [-0.2, -0.15) is 0 Å². The molecule has 4 atom stereocenters. The average Bonchev–Trinajstić information content (AvgIpc) is 2.93. The fourth-order valence-electron chi connectivity index (χ4n) is 3.84. The molecule has 102 valence electrons. The van der Waals surface area contributed by atoms with Gasteiger partial charge in [-0.05, 0) is 39.0 Å². The van der Waals surface area contributed by atoms with E-state index in [2.05, 4.69) is 5.32 Å². The van der Waals surface area contributed by atoms with Crippen molar-refractivity contribution in [2.75, 3.05) is 13.7 Å². The Balaban J connectivity index is 1.63. The van der Waals surface area contributed by atoms with E-state index in [0.29, 0.717) is 24.0 Å². The summed E-state index contributed by atoms with van der Waals surface area (Å²) < 4.78 is 5.52. The second-order valence-electron chi connectivity index (χ2n) is 6.18. The van der Waals surface area contributed by atoms with Gasteiger partial charge < -0.3 is 15.0 Å². The zero-order valence-corrected chi connectivity index (χ0v) is 11.4. The molecule has 0 aliphatic carbocycles. The first-order chi connectivity index (χ1) is 8.65. The maximum absolute atomic E-state index is 12.5. The molecule has 3 saturated heterocycles. The van der Waals surface area contributed by atoms with Gasteiger partial charge in [0.05, 0.1) is 12.0 Å². The Bertz CT molecular complexity index is 322. The van der Waals surface area contributed by atoms with Crippen LogP contribution >= 0.6 is 0 Å². The molecule has 1 N–H and O–H groups in total. The molecule has 3 rings (SSSR count). The van der Waals surface area contributed by atoms with E-state index >= 15 is 0 Å². The summed E-state index contributed by atoms with van der Waals surface area (Å²) in [6, 6.07) is 1.71. The van der Waals surface area contributed by atoms with Crippen LogP contribution in [0.2, 0.25) is 0 Å². The normalized spacial score (nSPS) is 43.1. The van der Waals surface area contributed by atoms with Crippen LogP contribution < -0.4 is 5.32 Å². The number of piperidine rings is 1. The van der Waals surface area contributed by atoms with Crippen molar-refractivity contribution < 1.29 is 9.53 Å². The van der Waals surface area contributed by atoms with Crippen molar-refractivity contribution in [2.24, 2.45) is 5.92 Å². The number of hydrogen-bond acceptors (Lipinski definition) is 3. The lowest BCUT2D eigenvalue weighted by atomic mass is 9.95. The minimum absolute atomic E-state index is 0.0857. The molecule has 4 heteroatoms. The minimum atomic E-state index is 0.0857. The third-order valence-corrected chi connectivity index (χ3v) is 5.04. The first-order valence-corrected chi connectivity index (χ1v) is 7.29. The SMILES string of the molecule is CC1OCCC1C(=O)N(C)C1CC2CCC(C1)N2. The Morgan fingerprint density at radius 3 is 2.44 bits per heavy atom. The van der Waals surface area contributed by atoms with Crippen LogP contribution in [-0.2, 0) is 9.53 Å². The number of nitrogens with one attached hydrogen (secondary N) is 1. The molecule has 0 saturated carbocycles. The van der Waals surface area contributed by atoms with Crippen LogP contribution in [0.3, 0.4) is 0 Å². The van der Waals surface area contributed by atoms with Crippen molar-refractivity contribution in [3.63, 3.8) is 0 Å². The van der Waals surface area contributed by atoms with Crippen molar-refractivity contribution in [3.05, 3.63) is 0 Å². The third kappa shape index (κ3) is 2.16. The lowest BCUT2D eigenvalue weighted by Crippen LogP contribution is -2.50. The molecule has 4 unspecified atom stereocenters. The summed E-state index contributed by atoms with van der Waals surface area (Å²) >= 11 is 0. The Morgan fingerprint density at radius 1 is 1.22 bits per heavy atom. The van der Waals surface area contributed by atoms with Crippen LogP contribution in [0, 0.1) is 5.92 Å². The van der Waals surface area contributed by atoms with E-state index in [1.165, 1.54) is 12.8 Å². The number of carbonyl (C=O) groups is 1. The van der Waals surface area contributed by atoms with E-state index in [0.717, 1.165) is 25.9 Å². The molecule has 2 bridgehead atoms. The Hall–Kier alpha value is -0.610. The van der Waals surface area contributed by atoms with Crippen LogP contribution in [-0.4, -0.2) is 48.7 Å². The van der Waals surface area contributed by atoms with Crippen LogP contribution in [0.1, 0.15) is 39.0 Å². The van der Waals surface area contributed by atoms with E-state index in [1.807, 2.05) is 18.9 Å². The molecule has 4 nitrogen and oxygen atoms in total. The Labute approximate surface area is 109 Å². The fourth-order valence-corrected chi connectivity index (χ4v) is 3.84.